The molecule has 0 heterocycles. The van der Waals surface area contributed by atoms with Crippen LogP contribution in [0.1, 0.15) is 6.92 Å². The molecule has 17 heavy (non-hydrogen) atoms. The smallest absolute Gasteiger partial charge is 0.0842 e. The van der Waals surface area contributed by atoms with Crippen LogP contribution in [0.3, 0.4) is 0 Å². The minimum absolute atomic E-state index is 0.164. The monoisotopic (exact) mass is 257 g/mol. The molecular formula is C11H17N2O3S-. The zero-order valence-corrected chi connectivity index (χ0v) is 10.8. The van der Waals surface area contributed by atoms with E-state index in [2.05, 4.69) is 9.50 Å². The van der Waals surface area contributed by atoms with Gasteiger partial charge in [-0.3, -0.25) is 4.18 Å². The van der Waals surface area contributed by atoms with Crippen LogP contribution in [0, 0.1) is 0 Å². The van der Waals surface area contributed by atoms with Crippen molar-refractivity contribution in [3.05, 3.63) is 24.3 Å². The van der Waals surface area contributed by atoms with Gasteiger partial charge in [-0.15, -0.1) is 0 Å². The summed E-state index contributed by atoms with van der Waals surface area (Å²) in [7, 11) is 1.87. The minimum Gasteiger partial charge on any atom is -0.750 e. The third-order valence-corrected chi connectivity index (χ3v) is 2.80. The maximum Gasteiger partial charge on any atom is 0.0842 e. The van der Waals surface area contributed by atoms with E-state index in [1.165, 1.54) is 0 Å². The van der Waals surface area contributed by atoms with E-state index in [9.17, 15) is 8.76 Å². The van der Waals surface area contributed by atoms with Crippen LogP contribution in [0.25, 0.3) is 0 Å². The lowest BCUT2D eigenvalue weighted by molar-refractivity contribution is 0.306. The third-order valence-electron chi connectivity index (χ3n) is 2.44. The Bertz CT molecular complexity index is 356. The summed E-state index contributed by atoms with van der Waals surface area (Å²) in [6.07, 6.45) is 0. The van der Waals surface area contributed by atoms with Crippen molar-refractivity contribution in [2.24, 2.45) is 0 Å². The highest BCUT2D eigenvalue weighted by Crippen LogP contribution is 2.17. The van der Waals surface area contributed by atoms with Gasteiger partial charge in [-0.1, -0.05) is 0 Å². The summed E-state index contributed by atoms with van der Waals surface area (Å²) >= 11 is -2.43. The van der Waals surface area contributed by atoms with Gasteiger partial charge in [-0.05, 0) is 31.2 Å². The molecule has 1 N–H and O–H groups in total. The van der Waals surface area contributed by atoms with Gasteiger partial charge < -0.3 is 14.8 Å². The van der Waals surface area contributed by atoms with E-state index in [1.807, 2.05) is 43.1 Å². The fourth-order valence-electron chi connectivity index (χ4n) is 1.52. The summed E-state index contributed by atoms with van der Waals surface area (Å²) in [4.78, 5) is 2.05. The molecule has 0 radical (unpaired) electrons. The molecule has 0 spiro atoms. The van der Waals surface area contributed by atoms with Crippen LogP contribution in [-0.2, 0) is 15.5 Å². The van der Waals surface area contributed by atoms with Crippen molar-refractivity contribution >= 4 is 22.7 Å². The number of nitrogens with one attached hydrogen (secondary N) is 1. The van der Waals surface area contributed by atoms with Gasteiger partial charge in [0.1, 0.15) is 0 Å². The molecule has 0 amide bonds. The van der Waals surface area contributed by atoms with Crippen molar-refractivity contribution < 1.29 is 12.9 Å². The Morgan fingerprint density at radius 2 is 2.06 bits per heavy atom. The molecule has 6 heteroatoms. The summed E-state index contributed by atoms with van der Waals surface area (Å²) in [6, 6.07) is 7.93. The fraction of sp³-hybridized carbons (Fsp3) is 0.455. The summed E-state index contributed by atoms with van der Waals surface area (Å²) in [5, 5.41) is 3.04. The molecule has 1 rings (SSSR count). The first-order valence-corrected chi connectivity index (χ1v) is 6.42. The number of likely N-dealkylation sites (N-methyl/N-ethyl adjacent to an activating group) is 1. The van der Waals surface area contributed by atoms with Gasteiger partial charge in [0.05, 0.1) is 18.0 Å². The SMILES string of the molecule is CCN(CCOS(=O)[O-])c1ccc(NC)cc1. The highest BCUT2D eigenvalue weighted by molar-refractivity contribution is 7.74. The maximum absolute atomic E-state index is 10.2. The first-order valence-electron chi connectivity index (χ1n) is 5.42. The number of nitrogens with zero attached hydrogens (tertiary/aromatic N) is 1. The van der Waals surface area contributed by atoms with Gasteiger partial charge in [-0.2, -0.15) is 0 Å². The number of hydrogen-bond donors (Lipinski definition) is 1. The number of rotatable bonds is 7. The van der Waals surface area contributed by atoms with Crippen LogP contribution in [0.4, 0.5) is 11.4 Å². The van der Waals surface area contributed by atoms with Crippen molar-refractivity contribution in [2.45, 2.75) is 6.92 Å². The molecule has 96 valence electrons. The number of benzene rings is 1. The van der Waals surface area contributed by atoms with E-state index >= 15 is 0 Å². The van der Waals surface area contributed by atoms with Gasteiger partial charge in [0.2, 0.25) is 0 Å². The third kappa shape index (κ3) is 4.72. The van der Waals surface area contributed by atoms with Crippen LogP contribution in [-0.4, -0.2) is 35.5 Å². The van der Waals surface area contributed by atoms with Crippen molar-refractivity contribution in [3.8, 4) is 0 Å². The largest absolute Gasteiger partial charge is 0.750 e. The Morgan fingerprint density at radius 3 is 2.53 bits per heavy atom. The molecule has 0 saturated heterocycles. The Morgan fingerprint density at radius 1 is 1.41 bits per heavy atom. The summed E-state index contributed by atoms with van der Waals surface area (Å²) in [6.45, 7) is 3.52. The van der Waals surface area contributed by atoms with Crippen LogP contribution in [0.5, 0.6) is 0 Å². The van der Waals surface area contributed by atoms with Crippen LogP contribution in [0.2, 0.25) is 0 Å². The van der Waals surface area contributed by atoms with Gasteiger partial charge in [0, 0.05) is 31.5 Å². The van der Waals surface area contributed by atoms with Crippen LogP contribution in [0.15, 0.2) is 24.3 Å². The van der Waals surface area contributed by atoms with E-state index < -0.39 is 11.4 Å². The minimum atomic E-state index is -2.43. The summed E-state index contributed by atoms with van der Waals surface area (Å²) in [5.41, 5.74) is 2.09. The Labute approximate surface area is 104 Å². The average molecular weight is 257 g/mol. The quantitative estimate of drug-likeness (QED) is 0.747. The lowest BCUT2D eigenvalue weighted by Gasteiger charge is -2.23. The molecule has 0 aliphatic rings. The van der Waals surface area contributed by atoms with Crippen LogP contribution < -0.4 is 10.2 Å². The van der Waals surface area contributed by atoms with Gasteiger partial charge in [-0.25, -0.2) is 4.21 Å². The topological polar surface area (TPSA) is 64.6 Å². The van der Waals surface area contributed by atoms with Crippen molar-refractivity contribution in [1.82, 2.24) is 0 Å². The number of anilines is 2. The molecule has 1 aromatic carbocycles. The fourth-order valence-corrected chi connectivity index (χ4v) is 1.73. The Hall–Kier alpha value is -1.11. The summed E-state index contributed by atoms with van der Waals surface area (Å²) in [5.74, 6) is 0. The second kappa shape index (κ2) is 7.26. The van der Waals surface area contributed by atoms with E-state index in [0.29, 0.717) is 6.54 Å². The van der Waals surface area contributed by atoms with Gasteiger partial charge >= 0.3 is 0 Å². The lowest BCUT2D eigenvalue weighted by Crippen LogP contribution is -2.27. The molecule has 1 unspecified atom stereocenters. The molecule has 0 aliphatic carbocycles. The van der Waals surface area contributed by atoms with E-state index in [1.54, 1.807) is 0 Å². The summed E-state index contributed by atoms with van der Waals surface area (Å²) < 4.78 is 25.0. The molecule has 0 fully saturated rings. The molecule has 0 saturated carbocycles. The lowest BCUT2D eigenvalue weighted by atomic mass is 10.2. The molecule has 0 aromatic heterocycles. The van der Waals surface area contributed by atoms with Crippen molar-refractivity contribution in [2.75, 3.05) is 37.0 Å². The maximum atomic E-state index is 10.2. The molecule has 1 aromatic rings. The van der Waals surface area contributed by atoms with E-state index in [0.717, 1.165) is 17.9 Å². The first kappa shape index (κ1) is 14.0. The highest BCUT2D eigenvalue weighted by Gasteiger charge is 2.03. The molecule has 0 aliphatic heterocycles. The average Bonchev–Trinajstić information content (AvgIpc) is 2.34. The molecule has 1 atom stereocenters. The predicted octanol–water partition coefficient (Wildman–Crippen LogP) is 1.37. The normalized spacial score (nSPS) is 12.2. The molecule has 0 bridgehead atoms. The van der Waals surface area contributed by atoms with E-state index in [-0.39, 0.29) is 6.61 Å². The predicted molar refractivity (Wildman–Crippen MR) is 68.7 cm³/mol. The zero-order chi connectivity index (χ0) is 12.7. The second-order valence-electron chi connectivity index (χ2n) is 3.40. The van der Waals surface area contributed by atoms with Gasteiger partial charge in [0.15, 0.2) is 0 Å². The zero-order valence-electron chi connectivity index (χ0n) is 10.0. The van der Waals surface area contributed by atoms with Crippen LogP contribution >= 0.6 is 0 Å². The standard InChI is InChI=1S/C11H18N2O3S/c1-3-13(8-9-16-17(14)15)11-6-4-10(12-2)5-7-11/h4-7,12H,3,8-9H2,1-2H3,(H,14,15)/p-1. The molecule has 5 nitrogen and oxygen atoms in total. The van der Waals surface area contributed by atoms with Gasteiger partial charge in [0.25, 0.3) is 0 Å². The second-order valence-corrected chi connectivity index (χ2v) is 4.05. The Kier molecular flexibility index (Phi) is 5.96. The van der Waals surface area contributed by atoms with E-state index in [4.69, 9.17) is 0 Å². The molecular weight excluding hydrogens is 240 g/mol. The Balaban J connectivity index is 2.56. The number of hydrogen-bond acceptors (Lipinski definition) is 5. The van der Waals surface area contributed by atoms with Crippen molar-refractivity contribution in [1.29, 1.82) is 0 Å². The highest BCUT2D eigenvalue weighted by atomic mass is 32.2. The van der Waals surface area contributed by atoms with Crippen molar-refractivity contribution in [3.63, 3.8) is 0 Å². The first-order chi connectivity index (χ1) is 8.17.